The molecule has 2 aromatic heterocycles. The molecule has 0 aliphatic rings. The lowest BCUT2D eigenvalue weighted by molar-refractivity contribution is 0.0697. The van der Waals surface area contributed by atoms with E-state index in [0.29, 0.717) is 17.6 Å². The molecule has 0 bridgehead atoms. The Hall–Kier alpha value is -2.28. The molecule has 3 aromatic rings. The van der Waals surface area contributed by atoms with Crippen LogP contribution < -0.4 is 0 Å². The van der Waals surface area contributed by atoms with Gasteiger partial charge in [0.05, 0.1) is 28.3 Å². The van der Waals surface area contributed by atoms with E-state index in [4.69, 9.17) is 5.11 Å². The predicted molar refractivity (Wildman–Crippen MR) is 70.4 cm³/mol. The van der Waals surface area contributed by atoms with Gasteiger partial charge >= 0.3 is 5.97 Å². The van der Waals surface area contributed by atoms with Crippen molar-refractivity contribution in [2.24, 2.45) is 0 Å². The molecule has 0 saturated heterocycles. The highest BCUT2D eigenvalue weighted by Gasteiger charge is 2.10. The van der Waals surface area contributed by atoms with Crippen molar-refractivity contribution in [3.8, 4) is 0 Å². The smallest absolute Gasteiger partial charge is 0.335 e. The molecule has 0 saturated carbocycles. The third-order valence-corrected chi connectivity index (χ3v) is 3.56. The molecule has 0 aliphatic carbocycles. The first kappa shape index (κ1) is 11.8. The number of hydrogen-bond donors (Lipinski definition) is 1. The molecule has 0 spiro atoms. The molecule has 0 radical (unpaired) electrons. The second-order valence-corrected chi connectivity index (χ2v) is 5.18. The number of nitrogens with zero attached hydrogens (tertiary/aromatic N) is 4. The van der Waals surface area contributed by atoms with Crippen molar-refractivity contribution in [3.63, 3.8) is 0 Å². The first-order chi connectivity index (χ1) is 9.13. The molecule has 19 heavy (non-hydrogen) atoms. The third-order valence-electron chi connectivity index (χ3n) is 2.74. The number of aryl methyl sites for hydroxylation is 1. The molecule has 0 atom stereocenters. The van der Waals surface area contributed by atoms with Crippen LogP contribution in [0.4, 0.5) is 0 Å². The van der Waals surface area contributed by atoms with Crippen LogP contribution in [0.1, 0.15) is 21.1 Å². The summed E-state index contributed by atoms with van der Waals surface area (Å²) in [5.74, 6) is -0.959. The quantitative estimate of drug-likeness (QED) is 0.789. The summed E-state index contributed by atoms with van der Waals surface area (Å²) in [5.41, 5.74) is 2.50. The van der Waals surface area contributed by atoms with Crippen LogP contribution in [0.5, 0.6) is 0 Å². The number of aromatic carboxylic acids is 1. The topological polar surface area (TPSA) is 80.9 Å². The van der Waals surface area contributed by atoms with Crippen LogP contribution in [0.25, 0.3) is 11.0 Å². The maximum absolute atomic E-state index is 11.0. The summed E-state index contributed by atoms with van der Waals surface area (Å²) >= 11 is 1.57. The molecule has 2 heterocycles. The van der Waals surface area contributed by atoms with Crippen LogP contribution in [0.3, 0.4) is 0 Å². The van der Waals surface area contributed by atoms with Crippen LogP contribution >= 0.6 is 11.3 Å². The van der Waals surface area contributed by atoms with Gasteiger partial charge < -0.3 is 5.11 Å². The lowest BCUT2D eigenvalue weighted by atomic mass is 10.2. The zero-order valence-electron chi connectivity index (χ0n) is 10.1. The number of carboxylic acid groups (broad SMARTS) is 1. The summed E-state index contributed by atoms with van der Waals surface area (Å²) < 4.78 is 1.66. The van der Waals surface area contributed by atoms with Crippen molar-refractivity contribution in [3.05, 3.63) is 39.8 Å². The van der Waals surface area contributed by atoms with Crippen LogP contribution in [-0.2, 0) is 6.54 Å². The molecule has 0 fully saturated rings. The average molecular weight is 274 g/mol. The van der Waals surface area contributed by atoms with Gasteiger partial charge in [-0.05, 0) is 25.1 Å². The van der Waals surface area contributed by atoms with Gasteiger partial charge in [-0.25, -0.2) is 14.5 Å². The van der Waals surface area contributed by atoms with Crippen molar-refractivity contribution in [1.82, 2.24) is 20.0 Å². The fraction of sp³-hybridized carbons (Fsp3) is 0.167. The molecule has 96 valence electrons. The summed E-state index contributed by atoms with van der Waals surface area (Å²) in [5, 5.41) is 20.0. The number of carboxylic acids is 1. The van der Waals surface area contributed by atoms with E-state index in [1.165, 1.54) is 6.07 Å². The van der Waals surface area contributed by atoms with Crippen molar-refractivity contribution in [1.29, 1.82) is 0 Å². The highest BCUT2D eigenvalue weighted by atomic mass is 32.1. The number of carbonyl (C=O) groups is 1. The minimum absolute atomic E-state index is 0.227. The van der Waals surface area contributed by atoms with Crippen LogP contribution in [0.15, 0.2) is 23.6 Å². The Morgan fingerprint density at radius 1 is 1.47 bits per heavy atom. The lowest BCUT2D eigenvalue weighted by Gasteiger charge is -2.00. The number of fused-ring (bicyclic) bond motifs is 1. The van der Waals surface area contributed by atoms with Gasteiger partial charge in [-0.3, -0.25) is 0 Å². The van der Waals surface area contributed by atoms with Gasteiger partial charge in [-0.1, -0.05) is 5.21 Å². The normalized spacial score (nSPS) is 11.0. The molecule has 6 nitrogen and oxygen atoms in total. The van der Waals surface area contributed by atoms with E-state index in [1.54, 1.807) is 28.2 Å². The molecular weight excluding hydrogens is 264 g/mol. The Morgan fingerprint density at radius 2 is 2.32 bits per heavy atom. The second kappa shape index (κ2) is 4.43. The molecule has 0 amide bonds. The van der Waals surface area contributed by atoms with Gasteiger partial charge in [0, 0.05) is 5.38 Å². The molecule has 1 aromatic carbocycles. The summed E-state index contributed by atoms with van der Waals surface area (Å²) in [4.78, 5) is 15.3. The monoisotopic (exact) mass is 274 g/mol. The average Bonchev–Trinajstić information content (AvgIpc) is 2.96. The maximum Gasteiger partial charge on any atom is 0.335 e. The highest BCUT2D eigenvalue weighted by molar-refractivity contribution is 7.09. The van der Waals surface area contributed by atoms with E-state index in [2.05, 4.69) is 15.3 Å². The Labute approximate surface area is 112 Å². The number of aromatic nitrogens is 4. The van der Waals surface area contributed by atoms with E-state index >= 15 is 0 Å². The second-order valence-electron chi connectivity index (χ2n) is 4.11. The molecular formula is C12H10N4O2S. The zero-order chi connectivity index (χ0) is 13.4. The minimum atomic E-state index is -0.959. The molecule has 7 heteroatoms. The number of benzene rings is 1. The van der Waals surface area contributed by atoms with Crippen LogP contribution in [0.2, 0.25) is 0 Å². The number of hydrogen-bond acceptors (Lipinski definition) is 5. The van der Waals surface area contributed by atoms with E-state index in [1.807, 2.05) is 12.3 Å². The van der Waals surface area contributed by atoms with E-state index < -0.39 is 5.97 Å². The third kappa shape index (κ3) is 2.19. The lowest BCUT2D eigenvalue weighted by Crippen LogP contribution is -2.03. The highest BCUT2D eigenvalue weighted by Crippen LogP contribution is 2.16. The van der Waals surface area contributed by atoms with Gasteiger partial charge in [0.15, 0.2) is 0 Å². The van der Waals surface area contributed by atoms with Crippen molar-refractivity contribution in [2.45, 2.75) is 13.5 Å². The van der Waals surface area contributed by atoms with Crippen molar-refractivity contribution in [2.75, 3.05) is 0 Å². The van der Waals surface area contributed by atoms with Crippen LogP contribution in [-0.4, -0.2) is 31.1 Å². The number of thiazole rings is 1. The first-order valence-corrected chi connectivity index (χ1v) is 6.49. The Balaban J connectivity index is 2.03. The summed E-state index contributed by atoms with van der Waals surface area (Å²) in [6.07, 6.45) is 0. The molecule has 1 N–H and O–H groups in total. The predicted octanol–water partition coefficient (Wildman–Crippen LogP) is 1.94. The van der Waals surface area contributed by atoms with Crippen molar-refractivity contribution < 1.29 is 9.90 Å². The van der Waals surface area contributed by atoms with Gasteiger partial charge in [0.1, 0.15) is 5.52 Å². The van der Waals surface area contributed by atoms with E-state index in [0.717, 1.165) is 10.7 Å². The SMILES string of the molecule is Cc1nc(Cn2nnc3ccc(C(=O)O)cc32)cs1. The van der Waals surface area contributed by atoms with E-state index in [-0.39, 0.29) is 5.56 Å². The molecule has 3 rings (SSSR count). The fourth-order valence-corrected chi connectivity index (χ4v) is 2.45. The van der Waals surface area contributed by atoms with Gasteiger partial charge in [-0.15, -0.1) is 16.4 Å². The van der Waals surface area contributed by atoms with Crippen LogP contribution in [0, 0.1) is 6.92 Å². The zero-order valence-corrected chi connectivity index (χ0v) is 10.9. The first-order valence-electron chi connectivity index (χ1n) is 5.61. The minimum Gasteiger partial charge on any atom is -0.478 e. The largest absolute Gasteiger partial charge is 0.478 e. The van der Waals surface area contributed by atoms with Gasteiger partial charge in [0.2, 0.25) is 0 Å². The standard InChI is InChI=1S/C12H10N4O2S/c1-7-13-9(6-19-7)5-16-11-4-8(12(17)18)2-3-10(11)14-15-16/h2-4,6H,5H2,1H3,(H,17,18). The summed E-state index contributed by atoms with van der Waals surface area (Å²) in [6, 6.07) is 4.77. The maximum atomic E-state index is 11.0. The van der Waals surface area contributed by atoms with Gasteiger partial charge in [0.25, 0.3) is 0 Å². The number of rotatable bonds is 3. The summed E-state index contributed by atoms with van der Waals surface area (Å²) in [7, 11) is 0. The van der Waals surface area contributed by atoms with Crippen molar-refractivity contribution >= 4 is 28.3 Å². The summed E-state index contributed by atoms with van der Waals surface area (Å²) in [6.45, 7) is 2.43. The Morgan fingerprint density at radius 3 is 3.00 bits per heavy atom. The Kier molecular flexibility index (Phi) is 2.75. The van der Waals surface area contributed by atoms with Gasteiger partial charge in [-0.2, -0.15) is 0 Å². The van der Waals surface area contributed by atoms with E-state index in [9.17, 15) is 4.79 Å². The fourth-order valence-electron chi connectivity index (χ4n) is 1.85. The molecule has 0 aliphatic heterocycles. The Bertz CT molecular complexity index is 762. The molecule has 0 unspecified atom stereocenters.